The van der Waals surface area contributed by atoms with E-state index in [1.807, 2.05) is 0 Å². The number of para-hydroxylation sites is 1. The summed E-state index contributed by atoms with van der Waals surface area (Å²) in [5.41, 5.74) is 20.2. The van der Waals surface area contributed by atoms with Gasteiger partial charge in [0.05, 0.1) is 22.1 Å². The molecule has 0 saturated carbocycles. The minimum atomic E-state index is 1.04. The second-order valence-corrected chi connectivity index (χ2v) is 16.6. The average Bonchev–Trinajstić information content (AvgIpc) is 3.80. The van der Waals surface area contributed by atoms with Crippen molar-refractivity contribution in [1.29, 1.82) is 0 Å². The lowest BCUT2D eigenvalue weighted by Crippen LogP contribution is -2.02. The molecule has 0 unspecified atom stereocenters. The van der Waals surface area contributed by atoms with Crippen LogP contribution in [0.15, 0.2) is 188 Å². The van der Waals surface area contributed by atoms with Crippen LogP contribution in [0.1, 0.15) is 28.7 Å². The monoisotopic (exact) mass is 766 g/mol. The highest BCUT2D eigenvalue weighted by atomic mass is 15.0. The number of nitrogens with zero attached hydrogens (tertiary/aromatic N) is 2. The summed E-state index contributed by atoms with van der Waals surface area (Å²) in [5.74, 6) is 0. The number of allylic oxidation sites excluding steroid dienone is 1. The van der Waals surface area contributed by atoms with E-state index in [-0.39, 0.29) is 0 Å². The molecule has 0 radical (unpaired) electrons. The van der Waals surface area contributed by atoms with Gasteiger partial charge in [0, 0.05) is 32.9 Å². The fourth-order valence-corrected chi connectivity index (χ4v) is 10.2. The number of aromatic nitrogens is 2. The summed E-state index contributed by atoms with van der Waals surface area (Å²) in [4.78, 5) is 0. The molecule has 284 valence electrons. The van der Waals surface area contributed by atoms with Crippen molar-refractivity contribution >= 4 is 60.5 Å². The zero-order chi connectivity index (χ0) is 39.9. The van der Waals surface area contributed by atoms with Gasteiger partial charge in [-0.05, 0) is 154 Å². The standard InChI is InChI=1S/C58H42N2/c1-37-13-12-16-44(33-37)60-54-30-23-38(2)34-50(54)52-36-42(27-32-56(52)60)41-26-31-55-51(35-41)45-17-10-11-22-53(45)59(55)43-28-24-40(25-29-43)58-48-20-8-6-18-46(48)57(39-14-4-3-5-15-39)47-19-7-9-21-49(47)58/h3-6,8-18,20-36H,7,19H2,1-2H3. The Morgan fingerprint density at radius 2 is 0.917 bits per heavy atom. The highest BCUT2D eigenvalue weighted by Gasteiger charge is 2.22. The van der Waals surface area contributed by atoms with Crippen molar-refractivity contribution in [1.82, 2.24) is 9.13 Å². The van der Waals surface area contributed by atoms with Gasteiger partial charge in [-0.15, -0.1) is 0 Å². The first-order valence-corrected chi connectivity index (χ1v) is 21.1. The van der Waals surface area contributed by atoms with Crippen molar-refractivity contribution in [2.45, 2.75) is 26.7 Å². The van der Waals surface area contributed by atoms with Crippen LogP contribution in [0, 0.1) is 13.8 Å². The van der Waals surface area contributed by atoms with E-state index >= 15 is 0 Å². The molecule has 2 heterocycles. The Kier molecular flexibility index (Phi) is 7.83. The van der Waals surface area contributed by atoms with Gasteiger partial charge in [0.1, 0.15) is 0 Å². The van der Waals surface area contributed by atoms with Crippen LogP contribution >= 0.6 is 0 Å². The summed E-state index contributed by atoms with van der Waals surface area (Å²) in [6.07, 6.45) is 6.82. The Hall–Kier alpha value is -7.42. The molecular weight excluding hydrogens is 725 g/mol. The third-order valence-corrected chi connectivity index (χ3v) is 12.9. The van der Waals surface area contributed by atoms with E-state index in [4.69, 9.17) is 0 Å². The van der Waals surface area contributed by atoms with Gasteiger partial charge in [-0.3, -0.25) is 0 Å². The number of hydrogen-bond donors (Lipinski definition) is 0. The highest BCUT2D eigenvalue weighted by molar-refractivity contribution is 6.13. The summed E-state index contributed by atoms with van der Waals surface area (Å²) >= 11 is 0. The Balaban J connectivity index is 0.987. The van der Waals surface area contributed by atoms with Crippen molar-refractivity contribution in [3.63, 3.8) is 0 Å². The quantitative estimate of drug-likeness (QED) is 0.165. The molecule has 0 N–H and O–H groups in total. The van der Waals surface area contributed by atoms with E-state index in [2.05, 4.69) is 217 Å². The SMILES string of the molecule is Cc1cccc(-n2c3ccc(C)cc3c3cc(-c4ccc5c(c4)c4ccccc4n5-c4ccc(-c5c6c(c(-c7ccccc7)c7ccccc57)CCC=C6)cc4)ccc32)c1. The predicted molar refractivity (Wildman–Crippen MR) is 256 cm³/mol. The molecular formula is C58H42N2. The van der Waals surface area contributed by atoms with Crippen LogP contribution < -0.4 is 0 Å². The maximum absolute atomic E-state index is 2.44. The number of hydrogen-bond acceptors (Lipinski definition) is 0. The van der Waals surface area contributed by atoms with E-state index in [9.17, 15) is 0 Å². The van der Waals surface area contributed by atoms with Gasteiger partial charge in [-0.25, -0.2) is 0 Å². The molecule has 0 fully saturated rings. The minimum absolute atomic E-state index is 1.04. The minimum Gasteiger partial charge on any atom is -0.309 e. The van der Waals surface area contributed by atoms with Crippen molar-refractivity contribution in [3.8, 4) is 44.8 Å². The fraction of sp³-hybridized carbons (Fsp3) is 0.0690. The maximum Gasteiger partial charge on any atom is 0.0541 e. The van der Waals surface area contributed by atoms with Crippen LogP contribution in [-0.2, 0) is 6.42 Å². The largest absolute Gasteiger partial charge is 0.309 e. The van der Waals surface area contributed by atoms with Gasteiger partial charge in [0.25, 0.3) is 0 Å². The lowest BCUT2D eigenvalue weighted by Gasteiger charge is -2.24. The number of aryl methyl sites for hydroxylation is 2. The van der Waals surface area contributed by atoms with E-state index in [0.29, 0.717) is 0 Å². The van der Waals surface area contributed by atoms with Crippen LogP contribution in [-0.4, -0.2) is 9.13 Å². The molecule has 1 aliphatic carbocycles. The smallest absolute Gasteiger partial charge is 0.0541 e. The number of fused-ring (bicyclic) bond motifs is 8. The maximum atomic E-state index is 2.44. The molecule has 0 atom stereocenters. The van der Waals surface area contributed by atoms with Gasteiger partial charge in [0.2, 0.25) is 0 Å². The molecule has 11 aromatic rings. The second-order valence-electron chi connectivity index (χ2n) is 16.6. The predicted octanol–water partition coefficient (Wildman–Crippen LogP) is 15.6. The summed E-state index contributed by atoms with van der Waals surface area (Å²) in [7, 11) is 0. The summed E-state index contributed by atoms with van der Waals surface area (Å²) in [6.45, 7) is 4.35. The first-order chi connectivity index (χ1) is 29.6. The van der Waals surface area contributed by atoms with Crippen LogP contribution in [0.2, 0.25) is 0 Å². The Labute approximate surface area is 349 Å². The highest BCUT2D eigenvalue weighted by Crippen LogP contribution is 2.45. The zero-order valence-electron chi connectivity index (χ0n) is 33.8. The molecule has 60 heavy (non-hydrogen) atoms. The Morgan fingerprint density at radius 1 is 0.367 bits per heavy atom. The van der Waals surface area contributed by atoms with E-state index in [1.54, 1.807) is 0 Å². The molecule has 0 bridgehead atoms. The molecule has 9 aromatic carbocycles. The topological polar surface area (TPSA) is 9.86 Å². The van der Waals surface area contributed by atoms with Crippen LogP contribution in [0.25, 0.3) is 105 Å². The first kappa shape index (κ1) is 34.6. The second kappa shape index (κ2) is 13.6. The van der Waals surface area contributed by atoms with Crippen LogP contribution in [0.5, 0.6) is 0 Å². The third-order valence-electron chi connectivity index (χ3n) is 12.9. The van der Waals surface area contributed by atoms with Gasteiger partial charge in [0.15, 0.2) is 0 Å². The molecule has 0 amide bonds. The molecule has 2 aromatic heterocycles. The normalized spacial score (nSPS) is 12.6. The molecule has 0 spiro atoms. The van der Waals surface area contributed by atoms with Gasteiger partial charge < -0.3 is 9.13 Å². The van der Waals surface area contributed by atoms with Crippen molar-refractivity contribution in [2.75, 3.05) is 0 Å². The lowest BCUT2D eigenvalue weighted by molar-refractivity contribution is 0.991. The van der Waals surface area contributed by atoms with Gasteiger partial charge in [-0.1, -0.05) is 133 Å². The van der Waals surface area contributed by atoms with Crippen molar-refractivity contribution in [3.05, 3.63) is 210 Å². The molecule has 0 saturated heterocycles. The van der Waals surface area contributed by atoms with E-state index < -0.39 is 0 Å². The summed E-state index contributed by atoms with van der Waals surface area (Å²) in [5, 5.41) is 7.69. The third kappa shape index (κ3) is 5.34. The van der Waals surface area contributed by atoms with Gasteiger partial charge in [-0.2, -0.15) is 0 Å². The molecule has 0 aliphatic heterocycles. The van der Waals surface area contributed by atoms with Crippen LogP contribution in [0.4, 0.5) is 0 Å². The molecule has 2 heteroatoms. The van der Waals surface area contributed by atoms with Crippen LogP contribution in [0.3, 0.4) is 0 Å². The van der Waals surface area contributed by atoms with E-state index in [0.717, 1.165) is 18.5 Å². The summed E-state index contributed by atoms with van der Waals surface area (Å²) in [6, 6.07) is 67.7. The van der Waals surface area contributed by atoms with Gasteiger partial charge >= 0.3 is 0 Å². The Morgan fingerprint density at radius 3 is 1.65 bits per heavy atom. The summed E-state index contributed by atoms with van der Waals surface area (Å²) < 4.78 is 4.85. The zero-order valence-corrected chi connectivity index (χ0v) is 33.8. The molecule has 12 rings (SSSR count). The Bertz CT molecular complexity index is 3540. The number of rotatable bonds is 5. The molecule has 1 aliphatic rings. The fourth-order valence-electron chi connectivity index (χ4n) is 10.2. The first-order valence-electron chi connectivity index (χ1n) is 21.1. The van der Waals surface area contributed by atoms with Crippen molar-refractivity contribution in [2.24, 2.45) is 0 Å². The lowest BCUT2D eigenvalue weighted by atomic mass is 9.80. The number of benzene rings is 9. The molecule has 2 nitrogen and oxygen atoms in total. The average molecular weight is 767 g/mol. The van der Waals surface area contributed by atoms with E-state index in [1.165, 1.54) is 116 Å². The van der Waals surface area contributed by atoms with Crippen molar-refractivity contribution < 1.29 is 0 Å².